The van der Waals surface area contributed by atoms with Crippen LogP contribution in [0.15, 0.2) is 35.9 Å². The number of hydrogen-bond donors (Lipinski definition) is 2. The molecule has 0 radical (unpaired) electrons. The minimum absolute atomic E-state index is 0.0348. The van der Waals surface area contributed by atoms with E-state index in [0.29, 0.717) is 6.42 Å². The first kappa shape index (κ1) is 14.7. The summed E-state index contributed by atoms with van der Waals surface area (Å²) in [6.45, 7) is 0.0348. The number of hydrogen-bond acceptors (Lipinski definition) is 2. The molecule has 0 fully saturated rings. The molecule has 1 atom stereocenters. The highest BCUT2D eigenvalue weighted by Gasteiger charge is 2.14. The number of amides is 1. The van der Waals surface area contributed by atoms with Crippen molar-refractivity contribution in [3.63, 3.8) is 0 Å². The van der Waals surface area contributed by atoms with Gasteiger partial charge < -0.3 is 10.4 Å². The maximum absolute atomic E-state index is 13.5. The van der Waals surface area contributed by atoms with Crippen molar-refractivity contribution in [3.8, 4) is 0 Å². The van der Waals surface area contributed by atoms with Gasteiger partial charge in [0.25, 0.3) is 0 Å². The standard InChI is InChI=1S/C16H20FNO2/c17-14-9-5-4-8-13(14)15(19)11-18-16(20)10-12-6-2-1-3-7-12/h4-6,8-9,15,19H,1-3,7,10-11H2,(H,18,20). The highest BCUT2D eigenvalue weighted by molar-refractivity contribution is 5.78. The van der Waals surface area contributed by atoms with Crippen molar-refractivity contribution < 1.29 is 14.3 Å². The van der Waals surface area contributed by atoms with Gasteiger partial charge in [-0.15, -0.1) is 0 Å². The number of halogens is 1. The van der Waals surface area contributed by atoms with E-state index in [9.17, 15) is 14.3 Å². The van der Waals surface area contributed by atoms with Crippen molar-refractivity contribution in [2.45, 2.75) is 38.2 Å². The zero-order valence-electron chi connectivity index (χ0n) is 11.4. The molecule has 20 heavy (non-hydrogen) atoms. The van der Waals surface area contributed by atoms with E-state index >= 15 is 0 Å². The first-order valence-electron chi connectivity index (χ1n) is 7.04. The molecular formula is C16H20FNO2. The molecule has 0 aromatic heterocycles. The lowest BCUT2D eigenvalue weighted by Gasteiger charge is -2.15. The molecular weight excluding hydrogens is 257 g/mol. The van der Waals surface area contributed by atoms with Crippen LogP contribution in [0.1, 0.15) is 43.8 Å². The Morgan fingerprint density at radius 2 is 2.15 bits per heavy atom. The Bertz CT molecular complexity index is 499. The second-order valence-corrected chi connectivity index (χ2v) is 5.13. The van der Waals surface area contributed by atoms with Crippen LogP contribution < -0.4 is 5.32 Å². The van der Waals surface area contributed by atoms with Crippen molar-refractivity contribution >= 4 is 5.91 Å². The van der Waals surface area contributed by atoms with Crippen LogP contribution in [0, 0.1) is 5.82 Å². The molecule has 1 aliphatic rings. The molecule has 2 N–H and O–H groups in total. The van der Waals surface area contributed by atoms with Crippen LogP contribution in [0.5, 0.6) is 0 Å². The summed E-state index contributed by atoms with van der Waals surface area (Å²) in [7, 11) is 0. The van der Waals surface area contributed by atoms with Gasteiger partial charge in [-0.2, -0.15) is 0 Å². The molecule has 4 heteroatoms. The highest BCUT2D eigenvalue weighted by atomic mass is 19.1. The van der Waals surface area contributed by atoms with Gasteiger partial charge in [-0.05, 0) is 31.7 Å². The molecule has 0 saturated heterocycles. The van der Waals surface area contributed by atoms with Crippen molar-refractivity contribution in [1.82, 2.24) is 5.32 Å². The summed E-state index contributed by atoms with van der Waals surface area (Å²) < 4.78 is 13.5. The van der Waals surface area contributed by atoms with Gasteiger partial charge in [0.2, 0.25) is 5.91 Å². The van der Waals surface area contributed by atoms with Gasteiger partial charge >= 0.3 is 0 Å². The Morgan fingerprint density at radius 3 is 2.85 bits per heavy atom. The van der Waals surface area contributed by atoms with E-state index in [1.54, 1.807) is 12.1 Å². The van der Waals surface area contributed by atoms with Gasteiger partial charge in [-0.3, -0.25) is 4.79 Å². The molecule has 1 aromatic rings. The second-order valence-electron chi connectivity index (χ2n) is 5.13. The summed E-state index contributed by atoms with van der Waals surface area (Å²) >= 11 is 0. The third kappa shape index (κ3) is 4.17. The van der Waals surface area contributed by atoms with Crippen LogP contribution in [0.25, 0.3) is 0 Å². The first-order valence-corrected chi connectivity index (χ1v) is 7.04. The number of carbonyl (C=O) groups excluding carboxylic acids is 1. The number of aliphatic hydroxyl groups is 1. The summed E-state index contributed by atoms with van der Waals surface area (Å²) in [5, 5.41) is 12.5. The van der Waals surface area contributed by atoms with Crippen LogP contribution >= 0.6 is 0 Å². The lowest BCUT2D eigenvalue weighted by atomic mass is 9.97. The lowest BCUT2D eigenvalue weighted by molar-refractivity contribution is -0.120. The smallest absolute Gasteiger partial charge is 0.224 e. The number of aliphatic hydroxyl groups excluding tert-OH is 1. The maximum atomic E-state index is 13.5. The summed E-state index contributed by atoms with van der Waals surface area (Å²) in [4.78, 5) is 11.8. The van der Waals surface area contributed by atoms with Crippen molar-refractivity contribution in [2.24, 2.45) is 0 Å². The molecule has 108 valence electrons. The van der Waals surface area contributed by atoms with Crippen LogP contribution in [0.2, 0.25) is 0 Å². The number of carbonyl (C=O) groups is 1. The summed E-state index contributed by atoms with van der Waals surface area (Å²) in [6, 6.07) is 6.05. The Kier molecular flexibility index (Phi) is 5.30. The number of allylic oxidation sites excluding steroid dienone is 1. The average Bonchev–Trinajstić information content (AvgIpc) is 2.46. The fourth-order valence-electron chi connectivity index (χ4n) is 2.40. The van der Waals surface area contributed by atoms with Crippen molar-refractivity contribution in [3.05, 3.63) is 47.3 Å². The Labute approximate surface area is 118 Å². The minimum Gasteiger partial charge on any atom is -0.386 e. The predicted octanol–water partition coefficient (Wildman–Crippen LogP) is 2.87. The van der Waals surface area contributed by atoms with E-state index in [1.807, 2.05) is 0 Å². The third-order valence-electron chi connectivity index (χ3n) is 3.53. The molecule has 1 aromatic carbocycles. The van der Waals surface area contributed by atoms with E-state index in [-0.39, 0.29) is 18.0 Å². The van der Waals surface area contributed by atoms with Gasteiger partial charge in [0.05, 0.1) is 6.10 Å². The van der Waals surface area contributed by atoms with E-state index in [4.69, 9.17) is 0 Å². The van der Waals surface area contributed by atoms with E-state index in [2.05, 4.69) is 11.4 Å². The summed E-state index contributed by atoms with van der Waals surface area (Å²) in [6.07, 6.45) is 5.83. The molecule has 0 spiro atoms. The van der Waals surface area contributed by atoms with Crippen LogP contribution in [0.4, 0.5) is 4.39 Å². The van der Waals surface area contributed by atoms with Crippen LogP contribution in [-0.2, 0) is 4.79 Å². The number of rotatable bonds is 5. The molecule has 1 unspecified atom stereocenters. The molecule has 1 aliphatic carbocycles. The largest absolute Gasteiger partial charge is 0.386 e. The normalized spacial score (nSPS) is 16.4. The molecule has 1 amide bonds. The van der Waals surface area contributed by atoms with Crippen LogP contribution in [0.3, 0.4) is 0 Å². The first-order chi connectivity index (χ1) is 9.66. The second kappa shape index (κ2) is 7.20. The topological polar surface area (TPSA) is 49.3 Å². The third-order valence-corrected chi connectivity index (χ3v) is 3.53. The molecule has 0 saturated carbocycles. The summed E-state index contributed by atoms with van der Waals surface area (Å²) in [5.41, 5.74) is 1.37. The molecule has 0 heterocycles. The fraction of sp³-hybridized carbons (Fsp3) is 0.438. The lowest BCUT2D eigenvalue weighted by Crippen LogP contribution is -2.29. The fourth-order valence-corrected chi connectivity index (χ4v) is 2.40. The van der Waals surface area contributed by atoms with Gasteiger partial charge in [-0.1, -0.05) is 29.8 Å². The minimum atomic E-state index is -1.01. The highest BCUT2D eigenvalue weighted by Crippen LogP contribution is 2.20. The predicted molar refractivity (Wildman–Crippen MR) is 75.5 cm³/mol. The van der Waals surface area contributed by atoms with Gasteiger partial charge in [0, 0.05) is 18.5 Å². The van der Waals surface area contributed by atoms with Gasteiger partial charge in [0.1, 0.15) is 5.82 Å². The molecule has 2 rings (SSSR count). The average molecular weight is 277 g/mol. The Balaban J connectivity index is 1.81. The van der Waals surface area contributed by atoms with E-state index in [1.165, 1.54) is 18.6 Å². The SMILES string of the molecule is O=C(CC1=CCCCC1)NCC(O)c1ccccc1F. The number of benzene rings is 1. The maximum Gasteiger partial charge on any atom is 0.224 e. The van der Waals surface area contributed by atoms with Gasteiger partial charge in [-0.25, -0.2) is 4.39 Å². The van der Waals surface area contributed by atoms with Gasteiger partial charge in [0.15, 0.2) is 0 Å². The Morgan fingerprint density at radius 1 is 1.35 bits per heavy atom. The monoisotopic (exact) mass is 277 g/mol. The zero-order valence-corrected chi connectivity index (χ0v) is 11.4. The van der Waals surface area contributed by atoms with Crippen molar-refractivity contribution in [1.29, 1.82) is 0 Å². The van der Waals surface area contributed by atoms with Crippen LogP contribution in [-0.4, -0.2) is 17.6 Å². The molecule has 0 bridgehead atoms. The number of nitrogens with one attached hydrogen (secondary N) is 1. The van der Waals surface area contributed by atoms with E-state index < -0.39 is 11.9 Å². The quantitative estimate of drug-likeness (QED) is 0.813. The summed E-state index contributed by atoms with van der Waals surface area (Å²) in [5.74, 6) is -0.572. The molecule has 3 nitrogen and oxygen atoms in total. The van der Waals surface area contributed by atoms with E-state index in [0.717, 1.165) is 24.8 Å². The zero-order chi connectivity index (χ0) is 14.4. The van der Waals surface area contributed by atoms with Crippen molar-refractivity contribution in [2.75, 3.05) is 6.54 Å². The molecule has 0 aliphatic heterocycles. The Hall–Kier alpha value is -1.68.